The average Bonchev–Trinajstić information content (AvgIpc) is 4.07. The normalized spacial score (nSPS) is 12.2. The Bertz CT molecular complexity index is 4010. The molecule has 14 rings (SSSR count). The molecule has 0 aliphatic heterocycles. The minimum absolute atomic E-state index is 0.0206. The molecule has 14 aromatic rings. The third kappa shape index (κ3) is 6.68. The summed E-state index contributed by atoms with van der Waals surface area (Å²) >= 11 is 0. The third-order valence-corrected chi connectivity index (χ3v) is 14.5. The summed E-state index contributed by atoms with van der Waals surface area (Å²) in [6.07, 6.45) is 0. The molecule has 0 aliphatic carbocycles. The van der Waals surface area contributed by atoms with Gasteiger partial charge in [0.1, 0.15) is 0 Å². The second kappa shape index (κ2) is 16.7. The molecule has 0 spiro atoms. The van der Waals surface area contributed by atoms with Gasteiger partial charge in [-0.25, -0.2) is 0 Å². The molecule has 0 radical (unpaired) electrons. The quantitative estimate of drug-likeness (QED) is 0.132. The molecular weight excluding hydrogens is 861 g/mol. The van der Waals surface area contributed by atoms with Crippen LogP contribution < -0.4 is 4.90 Å². The molecular formula is C67H46N4. The smallest absolute Gasteiger partial charge is 0.0542 e. The first-order valence-electron chi connectivity index (χ1n) is 24.5. The minimum atomic E-state index is -0.0206. The second-order valence-corrected chi connectivity index (χ2v) is 18.5. The maximum absolute atomic E-state index is 2.47. The van der Waals surface area contributed by atoms with Gasteiger partial charge in [-0.1, -0.05) is 152 Å². The molecule has 0 amide bonds. The standard InChI is InChI=1S/C67H46N4/c1-6-20-46(21-7-1)67(47-34-38-63-57(42-47)55-30-16-18-32-61(55)69(63)50-24-10-3-11-25-50)48-35-39-64-58(43-48)60-45-54(37-41-66(60)71(64)52-28-14-5-15-29-52)68(49-22-8-2-9-23-49)53-36-40-65-59(44-53)56-31-17-19-33-62(56)70(65)51-26-12-4-13-27-51/h1-45,67H. The summed E-state index contributed by atoms with van der Waals surface area (Å²) in [6, 6.07) is 99.8. The molecule has 4 heteroatoms. The lowest BCUT2D eigenvalue weighted by Gasteiger charge is -2.26. The van der Waals surface area contributed by atoms with Crippen molar-refractivity contribution in [3.8, 4) is 17.1 Å². The number of para-hydroxylation sites is 6. The Kier molecular flexibility index (Phi) is 9.56. The van der Waals surface area contributed by atoms with Crippen molar-refractivity contribution in [3.63, 3.8) is 0 Å². The van der Waals surface area contributed by atoms with Crippen LogP contribution in [0.15, 0.2) is 273 Å². The molecule has 0 saturated heterocycles. The molecule has 71 heavy (non-hydrogen) atoms. The van der Waals surface area contributed by atoms with Crippen LogP contribution in [0, 0.1) is 0 Å². The molecule has 0 fully saturated rings. The van der Waals surface area contributed by atoms with Gasteiger partial charge < -0.3 is 18.6 Å². The summed E-state index contributed by atoms with van der Waals surface area (Å²) in [5.41, 5.74) is 17.6. The monoisotopic (exact) mass is 906 g/mol. The number of anilines is 3. The summed E-state index contributed by atoms with van der Waals surface area (Å²) in [5, 5.41) is 7.34. The molecule has 0 N–H and O–H groups in total. The lowest BCUT2D eigenvalue weighted by Crippen LogP contribution is -2.09. The van der Waals surface area contributed by atoms with E-state index in [1.807, 2.05) is 0 Å². The zero-order valence-corrected chi connectivity index (χ0v) is 38.8. The Balaban J connectivity index is 0.978. The van der Waals surface area contributed by atoms with Gasteiger partial charge in [-0.05, 0) is 138 Å². The van der Waals surface area contributed by atoms with Crippen LogP contribution in [-0.4, -0.2) is 13.7 Å². The number of fused-ring (bicyclic) bond motifs is 9. The maximum atomic E-state index is 2.47. The third-order valence-electron chi connectivity index (χ3n) is 14.5. The number of aromatic nitrogens is 3. The topological polar surface area (TPSA) is 18.0 Å². The van der Waals surface area contributed by atoms with Gasteiger partial charge in [0.05, 0.1) is 33.1 Å². The number of nitrogens with zero attached hydrogens (tertiary/aromatic N) is 4. The summed E-state index contributed by atoms with van der Waals surface area (Å²) < 4.78 is 7.21. The number of hydrogen-bond donors (Lipinski definition) is 0. The lowest BCUT2D eigenvalue weighted by atomic mass is 9.84. The van der Waals surface area contributed by atoms with Crippen LogP contribution in [0.3, 0.4) is 0 Å². The van der Waals surface area contributed by atoms with Gasteiger partial charge in [-0.15, -0.1) is 0 Å². The van der Waals surface area contributed by atoms with Crippen LogP contribution in [-0.2, 0) is 0 Å². The largest absolute Gasteiger partial charge is 0.310 e. The molecule has 11 aromatic carbocycles. The van der Waals surface area contributed by atoms with Crippen molar-refractivity contribution >= 4 is 82.5 Å². The predicted molar refractivity (Wildman–Crippen MR) is 298 cm³/mol. The van der Waals surface area contributed by atoms with Crippen LogP contribution in [0.1, 0.15) is 22.6 Å². The van der Waals surface area contributed by atoms with E-state index in [2.05, 4.69) is 292 Å². The Morgan fingerprint density at radius 2 is 0.549 bits per heavy atom. The van der Waals surface area contributed by atoms with Crippen molar-refractivity contribution in [2.24, 2.45) is 0 Å². The SMILES string of the molecule is c1ccc(C(c2ccc3c(c2)c2ccccc2n3-c2ccccc2)c2ccc3c(c2)c2cc(N(c4ccccc4)c4ccc5c(c4)c4ccccc4n5-c4ccccc4)ccc2n3-c2ccccc2)cc1. The number of hydrogen-bond acceptors (Lipinski definition) is 1. The van der Waals surface area contributed by atoms with E-state index < -0.39 is 0 Å². The summed E-state index contributed by atoms with van der Waals surface area (Å²) in [5.74, 6) is -0.0206. The molecule has 0 saturated carbocycles. The highest BCUT2D eigenvalue weighted by Crippen LogP contribution is 2.44. The van der Waals surface area contributed by atoms with Gasteiger partial charge in [0.2, 0.25) is 0 Å². The highest BCUT2D eigenvalue weighted by atomic mass is 15.1. The summed E-state index contributed by atoms with van der Waals surface area (Å²) in [4.78, 5) is 2.41. The van der Waals surface area contributed by atoms with Gasteiger partial charge in [-0.2, -0.15) is 0 Å². The van der Waals surface area contributed by atoms with Gasteiger partial charge in [0.15, 0.2) is 0 Å². The van der Waals surface area contributed by atoms with E-state index in [0.29, 0.717) is 0 Å². The first-order valence-corrected chi connectivity index (χ1v) is 24.5. The Morgan fingerprint density at radius 1 is 0.225 bits per heavy atom. The van der Waals surface area contributed by atoms with Crippen LogP contribution >= 0.6 is 0 Å². The lowest BCUT2D eigenvalue weighted by molar-refractivity contribution is 0.982. The molecule has 3 aromatic heterocycles. The highest BCUT2D eigenvalue weighted by molar-refractivity contribution is 6.13. The van der Waals surface area contributed by atoms with Crippen molar-refractivity contribution < 1.29 is 0 Å². The molecule has 334 valence electrons. The molecule has 1 unspecified atom stereocenters. The van der Waals surface area contributed by atoms with Crippen LogP contribution in [0.4, 0.5) is 17.1 Å². The summed E-state index contributed by atoms with van der Waals surface area (Å²) in [7, 11) is 0. The van der Waals surface area contributed by atoms with Crippen LogP contribution in [0.2, 0.25) is 0 Å². The predicted octanol–water partition coefficient (Wildman–Crippen LogP) is 17.6. The van der Waals surface area contributed by atoms with Gasteiger partial charge in [0, 0.05) is 72.4 Å². The Hall–Kier alpha value is -9.38. The van der Waals surface area contributed by atoms with Crippen molar-refractivity contribution in [2.45, 2.75) is 5.92 Å². The van der Waals surface area contributed by atoms with Gasteiger partial charge >= 0.3 is 0 Å². The van der Waals surface area contributed by atoms with Crippen molar-refractivity contribution in [2.75, 3.05) is 4.90 Å². The van der Waals surface area contributed by atoms with E-state index in [-0.39, 0.29) is 5.92 Å². The molecule has 0 aliphatic rings. The Labute approximate surface area is 411 Å². The van der Waals surface area contributed by atoms with Crippen molar-refractivity contribution in [1.82, 2.24) is 13.7 Å². The van der Waals surface area contributed by atoms with E-state index in [4.69, 9.17) is 0 Å². The van der Waals surface area contributed by atoms with Crippen LogP contribution in [0.25, 0.3) is 82.5 Å². The first-order chi connectivity index (χ1) is 35.2. The Morgan fingerprint density at radius 3 is 1.00 bits per heavy atom. The first kappa shape index (κ1) is 40.7. The second-order valence-electron chi connectivity index (χ2n) is 18.5. The van der Waals surface area contributed by atoms with Gasteiger partial charge in [-0.3, -0.25) is 0 Å². The van der Waals surface area contributed by atoms with E-state index in [9.17, 15) is 0 Å². The zero-order chi connectivity index (χ0) is 46.8. The average molecular weight is 907 g/mol. The van der Waals surface area contributed by atoms with E-state index >= 15 is 0 Å². The van der Waals surface area contributed by atoms with E-state index in [0.717, 1.165) is 39.6 Å². The van der Waals surface area contributed by atoms with Crippen molar-refractivity contribution in [3.05, 3.63) is 290 Å². The summed E-state index contributed by atoms with van der Waals surface area (Å²) in [6.45, 7) is 0. The minimum Gasteiger partial charge on any atom is -0.310 e. The molecule has 1 atom stereocenters. The maximum Gasteiger partial charge on any atom is 0.0542 e. The fourth-order valence-corrected chi connectivity index (χ4v) is 11.4. The zero-order valence-electron chi connectivity index (χ0n) is 38.8. The van der Waals surface area contributed by atoms with Crippen LogP contribution in [0.5, 0.6) is 0 Å². The highest BCUT2D eigenvalue weighted by Gasteiger charge is 2.24. The van der Waals surface area contributed by atoms with E-state index in [1.54, 1.807) is 0 Å². The number of benzene rings is 11. The van der Waals surface area contributed by atoms with Crippen molar-refractivity contribution in [1.29, 1.82) is 0 Å². The molecule has 3 heterocycles. The van der Waals surface area contributed by atoms with Gasteiger partial charge in [0.25, 0.3) is 0 Å². The number of rotatable bonds is 9. The molecule has 4 nitrogen and oxygen atoms in total. The fourth-order valence-electron chi connectivity index (χ4n) is 11.4. The fraction of sp³-hybridized carbons (Fsp3) is 0.0149. The molecule has 0 bridgehead atoms. The van der Waals surface area contributed by atoms with E-state index in [1.165, 1.54) is 76.6 Å².